The summed E-state index contributed by atoms with van der Waals surface area (Å²) in [5.41, 5.74) is 9.18. The molecule has 2 N–H and O–H groups in total. The molecule has 66 heavy (non-hydrogen) atoms. The van der Waals surface area contributed by atoms with Gasteiger partial charge in [-0.25, -0.2) is 0 Å². The maximum absolute atomic E-state index is 12.1. The zero-order valence-electron chi connectivity index (χ0n) is 38.3. The minimum Gasteiger partial charge on any atom is -0.512 e. The van der Waals surface area contributed by atoms with Crippen LogP contribution in [-0.4, -0.2) is 48.0 Å². The molecule has 0 saturated heterocycles. The number of carbonyl (C=O) groups excluding carboxylic acids is 1. The zero-order valence-corrected chi connectivity index (χ0v) is 43.1. The number of rotatable bonds is 8. The van der Waals surface area contributed by atoms with Crippen molar-refractivity contribution in [2.75, 3.05) is 0 Å². The number of benzene rings is 4. The Bertz CT molecular complexity index is 2440. The number of aryl methyl sites for hydroxylation is 1. The quantitative estimate of drug-likeness (QED) is 0.0893. The Morgan fingerprint density at radius 1 is 0.682 bits per heavy atom. The molecule has 2 radical (unpaired) electrons. The van der Waals surface area contributed by atoms with E-state index in [4.69, 9.17) is 0 Å². The second kappa shape index (κ2) is 26.7. The number of hydrogen-bond acceptors (Lipinski definition) is 6. The molecule has 4 aromatic carbocycles. The molecule has 0 aliphatic carbocycles. The summed E-state index contributed by atoms with van der Waals surface area (Å²) in [7, 11) is 0. The molecule has 0 aliphatic heterocycles. The molecule has 2 unspecified atom stereocenters. The van der Waals surface area contributed by atoms with E-state index in [1.165, 1.54) is 51.0 Å². The SMILES string of the molecule is CC(C(O)Cn1cccn1)C(F)(F)F.CC(C)(C)C(=O)C=C(O)C(C)(C)C.Cc1ccc(-c2[c-]ccc(-c3ccccc3)c2)nc1.[Ir].[Ir].[c-]1ccc(-c2ccccc2)cc1-c1ccccn1. The predicted octanol–water partition coefficient (Wildman–Crippen LogP) is 13.3. The Hall–Kier alpha value is -5.35. The number of allylic oxidation sites excluding steroid dienone is 2. The maximum Gasteiger partial charge on any atom is 0.394 e. The fourth-order valence-corrected chi connectivity index (χ4v) is 5.53. The van der Waals surface area contributed by atoms with Crippen LogP contribution in [0.4, 0.5) is 13.2 Å². The van der Waals surface area contributed by atoms with Crippen molar-refractivity contribution in [3.05, 3.63) is 188 Å². The summed E-state index contributed by atoms with van der Waals surface area (Å²) in [6.45, 7) is 14.0. The number of aromatic nitrogens is 4. The van der Waals surface area contributed by atoms with Crippen molar-refractivity contribution in [1.29, 1.82) is 0 Å². The van der Waals surface area contributed by atoms with Gasteiger partial charge in [0, 0.05) is 81.9 Å². The molecule has 12 heteroatoms. The Morgan fingerprint density at radius 2 is 1.20 bits per heavy atom. The van der Waals surface area contributed by atoms with Crippen molar-refractivity contribution >= 4 is 5.78 Å². The number of nitrogens with zero attached hydrogens (tertiary/aromatic N) is 4. The number of alkyl halides is 3. The van der Waals surface area contributed by atoms with E-state index in [1.807, 2.05) is 115 Å². The maximum atomic E-state index is 12.1. The molecule has 0 saturated carbocycles. The standard InChI is InChI=1S/C18H14N.C17H12N.C11H20O2.C8H11F3N2O.2Ir/c1-14-10-11-18(19-13-14)17-9-5-8-16(12-17)15-6-3-2-4-7-15;1-2-7-14(8-3-1)15-9-6-10-16(13-15)17-11-4-5-12-18-17;1-10(2,3)8(12)7-9(13)11(4,5)6;1-6(8(9,10)11)7(14)5-13-4-2-3-12-13;;/h2-8,10-13H,1H3;1-9,11-13H;7,12H,1-6H3;2-4,6-7,14H,5H2,1H3;;/q2*-1;;;;. The first-order valence-corrected chi connectivity index (χ1v) is 20.9. The van der Waals surface area contributed by atoms with Crippen LogP contribution in [0.15, 0.2) is 170 Å². The van der Waals surface area contributed by atoms with Gasteiger partial charge in [-0.3, -0.25) is 9.48 Å². The molecule has 2 atom stereocenters. The van der Waals surface area contributed by atoms with Crippen LogP contribution in [0.2, 0.25) is 0 Å². The number of pyridine rings is 2. The van der Waals surface area contributed by atoms with E-state index in [0.717, 1.165) is 29.4 Å². The molecule has 3 aromatic heterocycles. The van der Waals surface area contributed by atoms with Gasteiger partial charge in [-0.05, 0) is 47.1 Å². The van der Waals surface area contributed by atoms with E-state index >= 15 is 0 Å². The van der Waals surface area contributed by atoms with Gasteiger partial charge in [-0.2, -0.15) is 18.3 Å². The normalized spacial score (nSPS) is 12.2. The fourth-order valence-electron chi connectivity index (χ4n) is 5.53. The smallest absolute Gasteiger partial charge is 0.394 e. The van der Waals surface area contributed by atoms with Crippen molar-refractivity contribution in [3.8, 4) is 44.8 Å². The summed E-state index contributed by atoms with van der Waals surface area (Å²) < 4.78 is 37.7. The van der Waals surface area contributed by atoms with E-state index in [2.05, 4.69) is 93.9 Å². The second-order valence-electron chi connectivity index (χ2n) is 17.2. The van der Waals surface area contributed by atoms with Crippen LogP contribution < -0.4 is 0 Å². The summed E-state index contributed by atoms with van der Waals surface area (Å²) >= 11 is 0. The number of ketones is 1. The third kappa shape index (κ3) is 18.9. The van der Waals surface area contributed by atoms with Crippen molar-refractivity contribution in [3.63, 3.8) is 0 Å². The molecule has 0 bridgehead atoms. The summed E-state index contributed by atoms with van der Waals surface area (Å²) in [5, 5.41) is 22.5. The van der Waals surface area contributed by atoms with E-state index in [1.54, 1.807) is 12.3 Å². The van der Waals surface area contributed by atoms with E-state index in [-0.39, 0.29) is 63.7 Å². The first-order chi connectivity index (χ1) is 30.2. The van der Waals surface area contributed by atoms with Crippen LogP contribution in [0.25, 0.3) is 44.8 Å². The third-order valence-corrected chi connectivity index (χ3v) is 9.75. The number of aliphatic hydroxyl groups excluding tert-OH is 2. The first-order valence-electron chi connectivity index (χ1n) is 20.9. The van der Waals surface area contributed by atoms with Crippen LogP contribution in [0.3, 0.4) is 0 Å². The molecule has 7 rings (SSSR count). The molecular weight excluding hydrogens is 1190 g/mol. The summed E-state index contributed by atoms with van der Waals surface area (Å²) in [6.07, 6.45) is 2.15. The van der Waals surface area contributed by atoms with Gasteiger partial charge in [0.2, 0.25) is 0 Å². The fraction of sp³-hybridized carbons (Fsp3) is 0.259. The topological polar surface area (TPSA) is 101 Å². The minimum absolute atomic E-state index is 0. The molecular formula is C54H57F3Ir2N4O3-2. The van der Waals surface area contributed by atoms with Crippen molar-refractivity contribution in [1.82, 2.24) is 19.7 Å². The van der Waals surface area contributed by atoms with Gasteiger partial charge >= 0.3 is 6.18 Å². The van der Waals surface area contributed by atoms with Gasteiger partial charge in [0.15, 0.2) is 5.78 Å². The van der Waals surface area contributed by atoms with Crippen LogP contribution in [0, 0.1) is 35.8 Å². The molecule has 3 heterocycles. The van der Waals surface area contributed by atoms with E-state index in [9.17, 15) is 28.2 Å². The number of halogens is 3. The van der Waals surface area contributed by atoms with Crippen LogP contribution in [-0.2, 0) is 51.6 Å². The number of carbonyl (C=O) groups is 1. The third-order valence-electron chi connectivity index (χ3n) is 9.75. The van der Waals surface area contributed by atoms with Crippen molar-refractivity contribution in [2.24, 2.45) is 16.7 Å². The second-order valence-corrected chi connectivity index (χ2v) is 17.2. The summed E-state index contributed by atoms with van der Waals surface area (Å²) in [4.78, 5) is 20.3. The molecule has 0 spiro atoms. The van der Waals surface area contributed by atoms with Crippen molar-refractivity contribution < 1.29 is 68.4 Å². The van der Waals surface area contributed by atoms with Crippen molar-refractivity contribution in [2.45, 2.75) is 74.2 Å². The van der Waals surface area contributed by atoms with Crippen LogP contribution >= 0.6 is 0 Å². The molecule has 0 aliphatic rings. The Morgan fingerprint density at radius 3 is 1.61 bits per heavy atom. The first kappa shape index (κ1) is 56.8. The average Bonchev–Trinajstić information content (AvgIpc) is 3.80. The van der Waals surface area contributed by atoms with Gasteiger partial charge < -0.3 is 20.2 Å². The molecule has 0 fully saturated rings. The summed E-state index contributed by atoms with van der Waals surface area (Å²) in [6, 6.07) is 51.1. The zero-order chi connectivity index (χ0) is 46.9. The number of hydrogen-bond donors (Lipinski definition) is 2. The Kier molecular flexibility index (Phi) is 23.0. The number of aliphatic hydroxyl groups is 2. The van der Waals surface area contributed by atoms with Gasteiger partial charge in [-0.1, -0.05) is 133 Å². The Balaban J connectivity index is 0.000000304. The molecule has 7 aromatic rings. The largest absolute Gasteiger partial charge is 0.512 e. The summed E-state index contributed by atoms with van der Waals surface area (Å²) in [5.74, 6) is -1.64. The van der Waals surface area contributed by atoms with E-state index in [0.29, 0.717) is 0 Å². The van der Waals surface area contributed by atoms with Gasteiger partial charge in [-0.15, -0.1) is 70.8 Å². The molecule has 0 amide bonds. The monoisotopic (exact) mass is 1250 g/mol. The average molecular weight is 1250 g/mol. The van der Waals surface area contributed by atoms with Crippen LogP contribution in [0.1, 0.15) is 54.0 Å². The van der Waals surface area contributed by atoms with Crippen LogP contribution in [0.5, 0.6) is 0 Å². The molecule has 7 nitrogen and oxygen atoms in total. The van der Waals surface area contributed by atoms with Gasteiger partial charge in [0.05, 0.1) is 18.6 Å². The predicted molar refractivity (Wildman–Crippen MR) is 251 cm³/mol. The minimum atomic E-state index is -4.37. The van der Waals surface area contributed by atoms with Gasteiger partial charge in [0.25, 0.3) is 0 Å². The van der Waals surface area contributed by atoms with Gasteiger partial charge in [0.1, 0.15) is 5.76 Å². The molecule has 352 valence electrons. The Labute approximate surface area is 415 Å². The van der Waals surface area contributed by atoms with E-state index < -0.39 is 23.6 Å².